The number of nitrogens with one attached hydrogen (secondary N) is 1. The molecule has 2 atom stereocenters. The van der Waals surface area contributed by atoms with E-state index in [1.165, 1.54) is 19.1 Å². The molecule has 1 amide bonds. The van der Waals surface area contributed by atoms with Crippen molar-refractivity contribution in [3.8, 4) is 0 Å². The molecule has 1 N–H and O–H groups in total. The number of carbonyl (C=O) groups is 2. The lowest BCUT2D eigenvalue weighted by molar-refractivity contribution is -0.120. The van der Waals surface area contributed by atoms with Crippen LogP contribution in [0.5, 0.6) is 0 Å². The van der Waals surface area contributed by atoms with Crippen molar-refractivity contribution in [3.63, 3.8) is 0 Å². The van der Waals surface area contributed by atoms with Crippen LogP contribution >= 0.6 is 11.6 Å². The number of halogens is 3. The van der Waals surface area contributed by atoms with E-state index in [9.17, 15) is 26.8 Å². The van der Waals surface area contributed by atoms with Crippen LogP contribution in [-0.2, 0) is 14.8 Å². The fraction of sp³-hybridized carbons (Fsp3) is 0.222. The third-order valence-electron chi connectivity index (χ3n) is 4.35. The van der Waals surface area contributed by atoms with Crippen molar-refractivity contribution in [1.29, 1.82) is 0 Å². The lowest BCUT2D eigenvalue weighted by Gasteiger charge is -2.10. The molecule has 0 spiro atoms. The number of sulfonamides is 1. The summed E-state index contributed by atoms with van der Waals surface area (Å²) in [5.74, 6) is -3.90. The van der Waals surface area contributed by atoms with Crippen molar-refractivity contribution in [2.45, 2.75) is 24.2 Å². The molecule has 0 aliphatic heterocycles. The molecule has 2 aromatic rings. The van der Waals surface area contributed by atoms with E-state index in [0.717, 1.165) is 24.3 Å². The van der Waals surface area contributed by atoms with Crippen molar-refractivity contribution >= 4 is 33.3 Å². The average Bonchev–Trinajstić information content (AvgIpc) is 3.37. The summed E-state index contributed by atoms with van der Waals surface area (Å²) in [6.45, 7) is 1.26. The Morgan fingerprint density at radius 3 is 2.52 bits per heavy atom. The highest BCUT2D eigenvalue weighted by Gasteiger charge is 2.46. The van der Waals surface area contributed by atoms with Crippen LogP contribution in [0.3, 0.4) is 0 Å². The zero-order valence-electron chi connectivity index (χ0n) is 14.0. The van der Waals surface area contributed by atoms with Gasteiger partial charge in [0, 0.05) is 11.5 Å². The average molecular weight is 414 g/mol. The van der Waals surface area contributed by atoms with Gasteiger partial charge in [0.05, 0.1) is 5.02 Å². The van der Waals surface area contributed by atoms with Gasteiger partial charge in [0.2, 0.25) is 5.91 Å². The number of benzene rings is 2. The highest BCUT2D eigenvalue weighted by atomic mass is 35.5. The zero-order valence-corrected chi connectivity index (χ0v) is 15.6. The Kier molecular flexibility index (Phi) is 5.05. The molecule has 9 heteroatoms. The van der Waals surface area contributed by atoms with Crippen molar-refractivity contribution in [2.75, 3.05) is 0 Å². The minimum atomic E-state index is -4.33. The largest absolute Gasteiger partial charge is 0.295 e. The Morgan fingerprint density at radius 1 is 1.15 bits per heavy atom. The van der Waals surface area contributed by atoms with Gasteiger partial charge < -0.3 is 0 Å². The summed E-state index contributed by atoms with van der Waals surface area (Å²) >= 11 is 5.89. The Bertz CT molecular complexity index is 1060. The van der Waals surface area contributed by atoms with E-state index < -0.39 is 44.3 Å². The minimum absolute atomic E-state index is 0.0316. The third kappa shape index (κ3) is 4.01. The molecular weight excluding hydrogens is 400 g/mol. The summed E-state index contributed by atoms with van der Waals surface area (Å²) in [7, 11) is -4.33. The summed E-state index contributed by atoms with van der Waals surface area (Å²) in [6.07, 6.45) is 0.197. The summed E-state index contributed by atoms with van der Waals surface area (Å²) in [4.78, 5) is 23.3. The molecule has 142 valence electrons. The standard InChI is InChI=1S/C18H14ClF2NO4S/c1-9(23)10-2-4-15(19)17(6-10)27(25,26)22-18(24)14-8-12(14)13-7-11(20)3-5-16(13)21/h2-7,12,14H,8H2,1H3,(H,22,24)/t12-,14-/m1/s1. The number of carbonyl (C=O) groups excluding carboxylic acids is 2. The van der Waals surface area contributed by atoms with Gasteiger partial charge in [-0.3, -0.25) is 9.59 Å². The lowest BCUT2D eigenvalue weighted by Crippen LogP contribution is -2.32. The number of rotatable bonds is 5. The first kappa shape index (κ1) is 19.4. The van der Waals surface area contributed by atoms with Crippen LogP contribution in [0, 0.1) is 17.6 Å². The molecule has 0 aromatic heterocycles. The molecule has 2 aromatic carbocycles. The fourth-order valence-corrected chi connectivity index (χ4v) is 4.37. The van der Waals surface area contributed by atoms with Crippen LogP contribution in [0.1, 0.15) is 35.2 Å². The number of amides is 1. The highest BCUT2D eigenvalue weighted by molar-refractivity contribution is 7.90. The van der Waals surface area contributed by atoms with Gasteiger partial charge in [-0.2, -0.15) is 0 Å². The molecule has 0 unspecified atom stereocenters. The van der Waals surface area contributed by atoms with Crippen LogP contribution in [0.15, 0.2) is 41.3 Å². The van der Waals surface area contributed by atoms with Gasteiger partial charge in [-0.1, -0.05) is 11.6 Å². The van der Waals surface area contributed by atoms with Gasteiger partial charge in [0.1, 0.15) is 16.5 Å². The van der Waals surface area contributed by atoms with E-state index in [1.807, 2.05) is 4.72 Å². The normalized spacial score (nSPS) is 18.8. The van der Waals surface area contributed by atoms with Crippen LogP contribution in [0.4, 0.5) is 8.78 Å². The molecule has 1 saturated carbocycles. The first-order valence-electron chi connectivity index (χ1n) is 7.92. The molecule has 0 bridgehead atoms. The summed E-state index contributed by atoms with van der Waals surface area (Å²) in [5, 5.41) is -0.149. The first-order valence-corrected chi connectivity index (χ1v) is 9.78. The van der Waals surface area contributed by atoms with Crippen LogP contribution in [-0.4, -0.2) is 20.1 Å². The van der Waals surface area contributed by atoms with E-state index in [1.54, 1.807) is 0 Å². The molecule has 0 heterocycles. The quantitative estimate of drug-likeness (QED) is 0.761. The topological polar surface area (TPSA) is 80.3 Å². The highest BCUT2D eigenvalue weighted by Crippen LogP contribution is 2.48. The third-order valence-corrected chi connectivity index (χ3v) is 6.18. The van der Waals surface area contributed by atoms with Crippen molar-refractivity contribution < 1.29 is 26.8 Å². The van der Waals surface area contributed by atoms with E-state index in [4.69, 9.17) is 11.6 Å². The van der Waals surface area contributed by atoms with Gasteiger partial charge in [-0.05, 0) is 61.2 Å². The van der Waals surface area contributed by atoms with Crippen LogP contribution < -0.4 is 4.72 Å². The van der Waals surface area contributed by atoms with Crippen molar-refractivity contribution in [2.24, 2.45) is 5.92 Å². The van der Waals surface area contributed by atoms with Gasteiger partial charge in [-0.25, -0.2) is 21.9 Å². The molecule has 1 aliphatic rings. The molecular formula is C18H14ClF2NO4S. The second-order valence-electron chi connectivity index (χ2n) is 6.29. The number of hydrogen-bond donors (Lipinski definition) is 1. The second kappa shape index (κ2) is 7.01. The molecule has 0 saturated heterocycles. The maximum absolute atomic E-state index is 13.8. The predicted molar refractivity (Wildman–Crippen MR) is 94.0 cm³/mol. The Labute approximate surface area is 159 Å². The number of ketones is 1. The molecule has 27 heavy (non-hydrogen) atoms. The van der Waals surface area contributed by atoms with Crippen molar-refractivity contribution in [3.05, 3.63) is 64.2 Å². The van der Waals surface area contributed by atoms with Gasteiger partial charge in [0.25, 0.3) is 10.0 Å². The Balaban J connectivity index is 1.80. The Hall–Kier alpha value is -2.32. The SMILES string of the molecule is CC(=O)c1ccc(Cl)c(S(=O)(=O)NC(=O)[C@@H]2C[C@@H]2c2cc(F)ccc2F)c1. The van der Waals surface area contributed by atoms with E-state index >= 15 is 0 Å². The summed E-state index contributed by atoms with van der Waals surface area (Å²) < 4.78 is 53.9. The zero-order chi connectivity index (χ0) is 19.9. The van der Waals surface area contributed by atoms with E-state index in [0.29, 0.717) is 0 Å². The van der Waals surface area contributed by atoms with Crippen LogP contribution in [0.25, 0.3) is 0 Å². The van der Waals surface area contributed by atoms with Crippen molar-refractivity contribution in [1.82, 2.24) is 4.72 Å². The minimum Gasteiger partial charge on any atom is -0.295 e. The van der Waals surface area contributed by atoms with Gasteiger partial charge in [0.15, 0.2) is 5.78 Å². The van der Waals surface area contributed by atoms with Crippen LogP contribution in [0.2, 0.25) is 5.02 Å². The fourth-order valence-electron chi connectivity index (χ4n) is 2.82. The number of Topliss-reactive ketones (excluding diaryl/α,β-unsaturated/α-hetero) is 1. The summed E-state index contributed by atoms with van der Waals surface area (Å²) in [6, 6.07) is 6.62. The molecule has 3 rings (SSSR count). The smallest absolute Gasteiger partial charge is 0.265 e. The monoisotopic (exact) mass is 413 g/mol. The molecule has 1 fully saturated rings. The molecule has 5 nitrogen and oxygen atoms in total. The lowest BCUT2D eigenvalue weighted by atomic mass is 10.1. The predicted octanol–water partition coefficient (Wildman–Crippen LogP) is 3.43. The maximum atomic E-state index is 13.8. The molecule has 0 radical (unpaired) electrons. The van der Waals surface area contributed by atoms with Gasteiger partial charge >= 0.3 is 0 Å². The van der Waals surface area contributed by atoms with E-state index in [2.05, 4.69) is 0 Å². The van der Waals surface area contributed by atoms with E-state index in [-0.39, 0.29) is 28.4 Å². The van der Waals surface area contributed by atoms with Gasteiger partial charge in [-0.15, -0.1) is 0 Å². The summed E-state index contributed by atoms with van der Waals surface area (Å²) in [5.41, 5.74) is 0.155. The molecule has 1 aliphatic carbocycles. The Morgan fingerprint density at radius 2 is 1.85 bits per heavy atom. The maximum Gasteiger partial charge on any atom is 0.265 e. The first-order chi connectivity index (χ1) is 12.6. The second-order valence-corrected chi connectivity index (χ2v) is 8.34. The number of hydrogen-bond acceptors (Lipinski definition) is 4.